The van der Waals surface area contributed by atoms with E-state index < -0.39 is 28.5 Å². The molecule has 0 unspecified atom stereocenters. The molecule has 0 saturated heterocycles. The zero-order valence-electron chi connectivity index (χ0n) is 21.7. The van der Waals surface area contributed by atoms with E-state index in [1.54, 1.807) is 31.4 Å². The van der Waals surface area contributed by atoms with Gasteiger partial charge >= 0.3 is 0 Å². The number of benzene rings is 2. The van der Waals surface area contributed by atoms with Gasteiger partial charge in [-0.05, 0) is 61.2 Å². The minimum Gasteiger partial charge on any atom is -0.497 e. The topological polar surface area (TPSA) is 96.0 Å². The number of nitrogens with zero attached hydrogens (tertiary/aromatic N) is 2. The summed E-state index contributed by atoms with van der Waals surface area (Å²) in [6.45, 7) is 1.59. The molecule has 1 N–H and O–H groups in total. The van der Waals surface area contributed by atoms with Crippen LogP contribution in [0.3, 0.4) is 0 Å². The molecular weight excluding hydrogens is 558 g/mol. The number of methoxy groups -OCH3 is 1. The van der Waals surface area contributed by atoms with Gasteiger partial charge in [0.15, 0.2) is 0 Å². The summed E-state index contributed by atoms with van der Waals surface area (Å²) in [5.74, 6) is -0.0285. The molecule has 2 aromatic carbocycles. The molecule has 1 aliphatic carbocycles. The number of nitrogens with one attached hydrogen (secondary N) is 1. The SMILES string of the molecule is CC[C@@H](C(=O)NC1CCCCC1)N(Cc1cccc(OC)c1)C(=O)CN(c1ccc(Br)cc1)S(C)(=O)=O. The Balaban J connectivity index is 1.92. The van der Waals surface area contributed by atoms with Gasteiger partial charge in [-0.3, -0.25) is 13.9 Å². The van der Waals surface area contributed by atoms with E-state index in [1.165, 1.54) is 11.3 Å². The van der Waals surface area contributed by atoms with E-state index in [4.69, 9.17) is 4.74 Å². The van der Waals surface area contributed by atoms with E-state index in [2.05, 4.69) is 21.2 Å². The molecular formula is C27H36BrN3O5S. The third kappa shape index (κ3) is 8.20. The predicted octanol–water partition coefficient (Wildman–Crippen LogP) is 4.48. The number of hydrogen-bond donors (Lipinski definition) is 1. The second-order valence-electron chi connectivity index (χ2n) is 9.39. The second-order valence-corrected chi connectivity index (χ2v) is 12.2. The van der Waals surface area contributed by atoms with Crippen LogP contribution in [0.2, 0.25) is 0 Å². The fraction of sp³-hybridized carbons (Fsp3) is 0.481. The first kappa shape index (κ1) is 29.0. The first-order valence-electron chi connectivity index (χ1n) is 12.6. The van der Waals surface area contributed by atoms with Gasteiger partial charge in [0.1, 0.15) is 18.3 Å². The van der Waals surface area contributed by atoms with Crippen LogP contribution >= 0.6 is 15.9 Å². The molecule has 0 spiro atoms. The lowest BCUT2D eigenvalue weighted by Gasteiger charge is -2.34. The standard InChI is InChI=1S/C27H36BrN3O5S/c1-4-25(27(33)29-22-10-6-5-7-11-22)30(18-20-9-8-12-24(17-20)36-2)26(32)19-31(37(3,34)35)23-15-13-21(28)14-16-23/h8-9,12-17,22,25H,4-7,10-11,18-19H2,1-3H3,(H,29,33)/t25-/m0/s1. The number of carbonyl (C=O) groups is 2. The van der Waals surface area contributed by atoms with Gasteiger partial charge in [0.2, 0.25) is 21.8 Å². The van der Waals surface area contributed by atoms with Gasteiger partial charge in [-0.25, -0.2) is 8.42 Å². The normalized spacial score (nSPS) is 15.0. The molecule has 202 valence electrons. The van der Waals surface area contributed by atoms with Gasteiger partial charge in [-0.2, -0.15) is 0 Å². The summed E-state index contributed by atoms with van der Waals surface area (Å²) in [5, 5.41) is 3.14. The average Bonchev–Trinajstić information content (AvgIpc) is 2.87. The molecule has 2 amide bonds. The van der Waals surface area contributed by atoms with Crippen molar-refractivity contribution in [3.63, 3.8) is 0 Å². The van der Waals surface area contributed by atoms with Gasteiger partial charge in [0, 0.05) is 17.1 Å². The molecule has 0 radical (unpaired) electrons. The number of ether oxygens (including phenoxy) is 1. The zero-order valence-corrected chi connectivity index (χ0v) is 24.1. The van der Waals surface area contributed by atoms with E-state index in [9.17, 15) is 18.0 Å². The molecule has 1 atom stereocenters. The van der Waals surface area contributed by atoms with Crippen LogP contribution in [0.1, 0.15) is 51.0 Å². The molecule has 37 heavy (non-hydrogen) atoms. The summed E-state index contributed by atoms with van der Waals surface area (Å²) in [4.78, 5) is 28.7. The summed E-state index contributed by atoms with van der Waals surface area (Å²) < 4.78 is 32.6. The van der Waals surface area contributed by atoms with Gasteiger partial charge < -0.3 is 15.0 Å². The molecule has 1 fully saturated rings. The average molecular weight is 595 g/mol. The molecule has 0 heterocycles. The Morgan fingerprint density at radius 1 is 1.11 bits per heavy atom. The van der Waals surface area contributed by atoms with Crippen molar-refractivity contribution in [2.24, 2.45) is 0 Å². The summed E-state index contributed by atoms with van der Waals surface area (Å²) in [6, 6.07) is 13.4. The van der Waals surface area contributed by atoms with E-state index in [-0.39, 0.29) is 18.5 Å². The Morgan fingerprint density at radius 3 is 2.38 bits per heavy atom. The lowest BCUT2D eigenvalue weighted by Crippen LogP contribution is -2.53. The molecule has 10 heteroatoms. The monoisotopic (exact) mass is 593 g/mol. The lowest BCUT2D eigenvalue weighted by atomic mass is 9.95. The summed E-state index contributed by atoms with van der Waals surface area (Å²) in [6.07, 6.45) is 6.64. The number of sulfonamides is 1. The smallest absolute Gasteiger partial charge is 0.244 e. The van der Waals surface area contributed by atoms with Crippen LogP contribution in [-0.4, -0.2) is 57.1 Å². The van der Waals surface area contributed by atoms with Crippen LogP contribution in [0.5, 0.6) is 5.75 Å². The zero-order chi connectivity index (χ0) is 27.0. The number of carbonyl (C=O) groups excluding carboxylic acids is 2. The fourth-order valence-electron chi connectivity index (χ4n) is 4.65. The van der Waals surface area contributed by atoms with E-state index in [0.717, 1.165) is 46.3 Å². The highest BCUT2D eigenvalue weighted by molar-refractivity contribution is 9.10. The Hall–Kier alpha value is -2.59. The Bertz CT molecular complexity index is 1170. The first-order chi connectivity index (χ1) is 17.6. The van der Waals surface area contributed by atoms with Gasteiger partial charge in [-0.15, -0.1) is 0 Å². The largest absolute Gasteiger partial charge is 0.497 e. The molecule has 0 aromatic heterocycles. The van der Waals surface area contributed by atoms with Crippen LogP contribution < -0.4 is 14.4 Å². The van der Waals surface area contributed by atoms with Crippen LogP contribution in [0.4, 0.5) is 5.69 Å². The van der Waals surface area contributed by atoms with Gasteiger partial charge in [-0.1, -0.05) is 54.2 Å². The molecule has 3 rings (SSSR count). The number of halogens is 1. The second kappa shape index (κ2) is 13.3. The summed E-state index contributed by atoms with van der Waals surface area (Å²) >= 11 is 3.36. The maximum Gasteiger partial charge on any atom is 0.244 e. The highest BCUT2D eigenvalue weighted by Crippen LogP contribution is 2.23. The van der Waals surface area contributed by atoms with Crippen LogP contribution in [-0.2, 0) is 26.2 Å². The molecule has 0 bridgehead atoms. The van der Waals surface area contributed by atoms with Gasteiger partial charge in [0.25, 0.3) is 0 Å². The highest BCUT2D eigenvalue weighted by atomic mass is 79.9. The number of rotatable bonds is 11. The Morgan fingerprint density at radius 2 is 1.78 bits per heavy atom. The van der Waals surface area contributed by atoms with E-state index in [0.29, 0.717) is 17.9 Å². The maximum absolute atomic E-state index is 13.8. The van der Waals surface area contributed by atoms with Crippen LogP contribution in [0, 0.1) is 0 Å². The van der Waals surface area contributed by atoms with Crippen molar-refractivity contribution in [2.75, 3.05) is 24.2 Å². The minimum atomic E-state index is -3.77. The number of anilines is 1. The lowest BCUT2D eigenvalue weighted by molar-refractivity contribution is -0.140. The van der Waals surface area contributed by atoms with Crippen molar-refractivity contribution in [2.45, 2.75) is 64.1 Å². The quantitative estimate of drug-likeness (QED) is 0.414. The van der Waals surface area contributed by atoms with E-state index in [1.807, 2.05) is 31.2 Å². The highest BCUT2D eigenvalue weighted by Gasteiger charge is 2.32. The van der Waals surface area contributed by atoms with Crippen LogP contribution in [0.15, 0.2) is 53.0 Å². The minimum absolute atomic E-state index is 0.0966. The molecule has 8 nitrogen and oxygen atoms in total. The third-order valence-corrected chi connectivity index (χ3v) is 8.29. The summed E-state index contributed by atoms with van der Waals surface area (Å²) in [7, 11) is -2.20. The Labute approximate surface area is 228 Å². The van der Waals surface area contributed by atoms with Crippen molar-refractivity contribution in [3.8, 4) is 5.75 Å². The van der Waals surface area contributed by atoms with Crippen molar-refractivity contribution in [3.05, 3.63) is 58.6 Å². The molecule has 0 aliphatic heterocycles. The maximum atomic E-state index is 13.8. The van der Waals surface area contributed by atoms with Gasteiger partial charge in [0.05, 0.1) is 19.1 Å². The van der Waals surface area contributed by atoms with Crippen molar-refractivity contribution >= 4 is 43.5 Å². The van der Waals surface area contributed by atoms with Crippen LogP contribution in [0.25, 0.3) is 0 Å². The third-order valence-electron chi connectivity index (χ3n) is 6.62. The first-order valence-corrected chi connectivity index (χ1v) is 15.2. The molecule has 2 aromatic rings. The molecule has 1 saturated carbocycles. The predicted molar refractivity (Wildman–Crippen MR) is 149 cm³/mol. The molecule has 1 aliphatic rings. The van der Waals surface area contributed by atoms with Crippen molar-refractivity contribution in [1.29, 1.82) is 0 Å². The number of hydrogen-bond acceptors (Lipinski definition) is 5. The summed E-state index contributed by atoms with van der Waals surface area (Å²) in [5.41, 5.74) is 1.16. The van der Waals surface area contributed by atoms with Crippen molar-refractivity contribution in [1.82, 2.24) is 10.2 Å². The van der Waals surface area contributed by atoms with E-state index >= 15 is 0 Å². The van der Waals surface area contributed by atoms with Crippen molar-refractivity contribution < 1.29 is 22.7 Å². The number of amides is 2. The Kier molecular flexibility index (Phi) is 10.4. The fourth-order valence-corrected chi connectivity index (χ4v) is 5.77.